The Morgan fingerprint density at radius 3 is 2.08 bits per heavy atom. The Kier molecular flexibility index (Phi) is 6.93. The predicted octanol–water partition coefficient (Wildman–Crippen LogP) is 6.94. The van der Waals surface area contributed by atoms with Gasteiger partial charge in [-0.25, -0.2) is 4.79 Å². The number of H-pyrrole nitrogens is 1. The number of carbonyl (C=O) groups is 2. The lowest BCUT2D eigenvalue weighted by Crippen LogP contribution is -2.31. The second-order valence-electron chi connectivity index (χ2n) is 13.0. The van der Waals surface area contributed by atoms with Gasteiger partial charge in [-0.15, -0.1) is 0 Å². The van der Waals surface area contributed by atoms with Crippen LogP contribution in [0, 0.1) is 0 Å². The fraction of sp³-hybridized carbons (Fsp3) is 0.452. The van der Waals surface area contributed by atoms with Crippen molar-refractivity contribution in [3.05, 3.63) is 58.9 Å². The van der Waals surface area contributed by atoms with Gasteiger partial charge in [-0.1, -0.05) is 41.5 Å². The van der Waals surface area contributed by atoms with E-state index in [-0.39, 0.29) is 16.7 Å². The molecule has 1 aromatic carbocycles. The molecule has 0 unspecified atom stereocenters. The molecule has 0 fully saturated rings. The first-order chi connectivity index (χ1) is 17.5. The number of pyridine rings is 1. The Labute approximate surface area is 225 Å². The zero-order chi connectivity index (χ0) is 28.0. The third-order valence-corrected chi connectivity index (χ3v) is 6.45. The predicted molar refractivity (Wildman–Crippen MR) is 150 cm³/mol. The summed E-state index contributed by atoms with van der Waals surface area (Å²) in [6.45, 7) is 18.7. The zero-order valence-electron chi connectivity index (χ0n) is 24.0. The Balaban J connectivity index is 1.83. The van der Waals surface area contributed by atoms with Gasteiger partial charge in [0.25, 0.3) is 5.91 Å². The van der Waals surface area contributed by atoms with Crippen LogP contribution in [0.1, 0.15) is 89.5 Å². The lowest BCUT2D eigenvalue weighted by atomic mass is 9.78. The van der Waals surface area contributed by atoms with Gasteiger partial charge in [-0.05, 0) is 61.9 Å². The number of nitrogens with one attached hydrogen (secondary N) is 2. The fourth-order valence-electron chi connectivity index (χ4n) is 4.56. The molecule has 7 heteroatoms. The van der Waals surface area contributed by atoms with Crippen molar-refractivity contribution < 1.29 is 19.1 Å². The van der Waals surface area contributed by atoms with Gasteiger partial charge in [0.2, 0.25) is 0 Å². The lowest BCUT2D eigenvalue weighted by Gasteiger charge is -2.30. The van der Waals surface area contributed by atoms with Crippen molar-refractivity contribution in [3.8, 4) is 28.3 Å². The molecule has 1 aliphatic heterocycles. The minimum Gasteiger partial charge on any atom is -0.428 e. The molecule has 3 aromatic rings. The molecule has 4 rings (SSSR count). The standard InChI is InChI=1S/C31H39N3O4/c1-29(2,3)21-14-19(15-22(30(4,5)6)26(21)37-28(36)38-31(7,8)9)24-16-18(10-12-32-24)25-17-20-23(34-25)11-13-33-27(20)35/h10,12,14-17,34H,11,13H2,1-9H3,(H,33,35). The van der Waals surface area contributed by atoms with Gasteiger partial charge in [0.1, 0.15) is 11.4 Å². The molecule has 0 spiro atoms. The first-order valence-electron chi connectivity index (χ1n) is 13.1. The van der Waals surface area contributed by atoms with Gasteiger partial charge < -0.3 is 19.8 Å². The summed E-state index contributed by atoms with van der Waals surface area (Å²) in [5.41, 5.74) is 5.67. The van der Waals surface area contributed by atoms with Gasteiger partial charge >= 0.3 is 6.16 Å². The number of nitrogens with zero attached hydrogens (tertiary/aromatic N) is 1. The summed E-state index contributed by atoms with van der Waals surface area (Å²) in [4.78, 5) is 33.2. The Morgan fingerprint density at radius 2 is 1.53 bits per heavy atom. The highest BCUT2D eigenvalue weighted by atomic mass is 16.7. The van der Waals surface area contributed by atoms with Crippen LogP contribution >= 0.6 is 0 Å². The van der Waals surface area contributed by atoms with Crippen LogP contribution in [0.3, 0.4) is 0 Å². The smallest absolute Gasteiger partial charge is 0.428 e. The quantitative estimate of drug-likeness (QED) is 0.290. The lowest BCUT2D eigenvalue weighted by molar-refractivity contribution is 0.0199. The summed E-state index contributed by atoms with van der Waals surface area (Å²) in [6, 6.07) is 9.97. The van der Waals surface area contributed by atoms with Crippen LogP contribution in [0.25, 0.3) is 22.5 Å². The van der Waals surface area contributed by atoms with Gasteiger partial charge in [0.15, 0.2) is 0 Å². The van der Waals surface area contributed by atoms with E-state index in [1.807, 2.05) is 51.1 Å². The molecule has 202 valence electrons. The monoisotopic (exact) mass is 517 g/mol. The molecular formula is C31H39N3O4. The number of ether oxygens (including phenoxy) is 2. The van der Waals surface area contributed by atoms with Crippen LogP contribution < -0.4 is 10.1 Å². The maximum atomic E-state index is 12.8. The summed E-state index contributed by atoms with van der Waals surface area (Å²) in [5, 5.41) is 2.90. The molecule has 0 atom stereocenters. The van der Waals surface area contributed by atoms with E-state index in [1.165, 1.54) is 0 Å². The van der Waals surface area contributed by atoms with Crippen LogP contribution in [0.2, 0.25) is 0 Å². The van der Waals surface area contributed by atoms with Gasteiger partial charge in [0, 0.05) is 52.8 Å². The zero-order valence-corrected chi connectivity index (χ0v) is 24.0. The number of fused-ring (bicyclic) bond motifs is 1. The number of amides is 1. The van der Waals surface area contributed by atoms with E-state index >= 15 is 0 Å². The van der Waals surface area contributed by atoms with Gasteiger partial charge in [-0.3, -0.25) is 9.78 Å². The number of benzene rings is 1. The summed E-state index contributed by atoms with van der Waals surface area (Å²) in [5.74, 6) is 0.482. The van der Waals surface area contributed by atoms with E-state index in [0.29, 0.717) is 17.9 Å². The first kappa shape index (κ1) is 27.4. The van der Waals surface area contributed by atoms with E-state index in [0.717, 1.165) is 45.8 Å². The summed E-state index contributed by atoms with van der Waals surface area (Å²) in [7, 11) is 0. The molecule has 38 heavy (non-hydrogen) atoms. The minimum absolute atomic E-state index is 0.0479. The van der Waals surface area contributed by atoms with E-state index < -0.39 is 11.8 Å². The Bertz CT molecular complexity index is 1350. The molecule has 7 nitrogen and oxygen atoms in total. The molecule has 1 aliphatic rings. The Hall–Kier alpha value is -3.61. The topological polar surface area (TPSA) is 93.3 Å². The van der Waals surface area contributed by atoms with Crippen molar-refractivity contribution in [3.63, 3.8) is 0 Å². The largest absolute Gasteiger partial charge is 0.514 e. The van der Waals surface area contributed by atoms with E-state index in [2.05, 4.69) is 51.8 Å². The number of aromatic amines is 1. The van der Waals surface area contributed by atoms with E-state index in [1.54, 1.807) is 6.20 Å². The van der Waals surface area contributed by atoms with Crippen molar-refractivity contribution in [2.24, 2.45) is 0 Å². The Morgan fingerprint density at radius 1 is 0.895 bits per heavy atom. The van der Waals surface area contributed by atoms with Crippen molar-refractivity contribution >= 4 is 12.1 Å². The molecule has 1 amide bonds. The minimum atomic E-state index is -0.721. The number of carbonyl (C=O) groups excluding carboxylic acids is 2. The highest BCUT2D eigenvalue weighted by Crippen LogP contribution is 2.43. The van der Waals surface area contributed by atoms with Crippen LogP contribution in [0.5, 0.6) is 5.75 Å². The highest BCUT2D eigenvalue weighted by Gasteiger charge is 2.31. The first-order valence-corrected chi connectivity index (χ1v) is 13.1. The molecule has 0 saturated heterocycles. The molecule has 3 heterocycles. The third-order valence-electron chi connectivity index (χ3n) is 6.45. The highest BCUT2D eigenvalue weighted by molar-refractivity contribution is 5.97. The molecule has 2 N–H and O–H groups in total. The number of hydrogen-bond acceptors (Lipinski definition) is 5. The van der Waals surface area contributed by atoms with Crippen molar-refractivity contribution in [2.45, 2.75) is 85.2 Å². The summed E-state index contributed by atoms with van der Waals surface area (Å²) < 4.78 is 11.4. The second-order valence-corrected chi connectivity index (χ2v) is 13.0. The number of aromatic nitrogens is 2. The maximum Gasteiger partial charge on any atom is 0.514 e. The number of rotatable bonds is 3. The summed E-state index contributed by atoms with van der Waals surface area (Å²) in [6.07, 6.45) is 1.84. The number of hydrogen-bond donors (Lipinski definition) is 2. The van der Waals surface area contributed by atoms with E-state index in [9.17, 15) is 9.59 Å². The molecular weight excluding hydrogens is 478 g/mol. The summed E-state index contributed by atoms with van der Waals surface area (Å²) >= 11 is 0. The average molecular weight is 518 g/mol. The molecule has 2 aromatic heterocycles. The molecule has 0 aliphatic carbocycles. The second kappa shape index (κ2) is 9.61. The molecule has 0 radical (unpaired) electrons. The van der Waals surface area contributed by atoms with Gasteiger partial charge in [-0.2, -0.15) is 0 Å². The molecule has 0 saturated carbocycles. The fourth-order valence-corrected chi connectivity index (χ4v) is 4.56. The van der Waals surface area contributed by atoms with Crippen LogP contribution in [-0.4, -0.2) is 34.2 Å². The van der Waals surface area contributed by atoms with Crippen LogP contribution in [-0.2, 0) is 22.0 Å². The van der Waals surface area contributed by atoms with Crippen LogP contribution in [0.4, 0.5) is 4.79 Å². The van der Waals surface area contributed by atoms with Crippen molar-refractivity contribution in [2.75, 3.05) is 6.54 Å². The van der Waals surface area contributed by atoms with Gasteiger partial charge in [0.05, 0.1) is 11.3 Å². The van der Waals surface area contributed by atoms with E-state index in [4.69, 9.17) is 14.5 Å². The normalized spacial score (nSPS) is 14.1. The van der Waals surface area contributed by atoms with Crippen molar-refractivity contribution in [1.82, 2.24) is 15.3 Å². The molecule has 0 bridgehead atoms. The van der Waals surface area contributed by atoms with Crippen molar-refractivity contribution in [1.29, 1.82) is 0 Å². The van der Waals surface area contributed by atoms with Crippen LogP contribution in [0.15, 0.2) is 36.5 Å². The average Bonchev–Trinajstić information content (AvgIpc) is 3.22. The third kappa shape index (κ3) is 5.93. The maximum absolute atomic E-state index is 12.8. The SMILES string of the molecule is CC(C)(C)OC(=O)Oc1c(C(C)(C)C)cc(-c2cc(-c3cc4c([nH]3)CCNC4=O)ccn2)cc1C(C)(C)C.